The van der Waals surface area contributed by atoms with Gasteiger partial charge < -0.3 is 10.1 Å². The number of hydrogen-bond donors (Lipinski definition) is 3. The van der Waals surface area contributed by atoms with E-state index in [0.717, 1.165) is 21.0 Å². The predicted molar refractivity (Wildman–Crippen MR) is 133 cm³/mol. The topological polar surface area (TPSA) is 79.5 Å². The zero-order valence-electron chi connectivity index (χ0n) is 18.3. The van der Waals surface area contributed by atoms with Gasteiger partial charge in [-0.25, -0.2) is 0 Å². The molecule has 1 aromatic heterocycles. The summed E-state index contributed by atoms with van der Waals surface area (Å²) in [5.74, 6) is 0.678. The van der Waals surface area contributed by atoms with Crippen LogP contribution in [0.5, 0.6) is 5.75 Å². The summed E-state index contributed by atoms with van der Waals surface area (Å²) in [5.41, 5.74) is 7.72. The van der Waals surface area contributed by atoms with Crippen molar-refractivity contribution >= 4 is 44.9 Å². The predicted octanol–water partition coefficient (Wildman–Crippen LogP) is 5.40. The van der Waals surface area contributed by atoms with E-state index in [1.807, 2.05) is 69.3 Å². The quantitative estimate of drug-likeness (QED) is 0.274. The molecular weight excluding hydrogens is 442 g/mol. The van der Waals surface area contributed by atoms with Gasteiger partial charge in [-0.3, -0.25) is 20.4 Å². The molecule has 2 aromatic carbocycles. The molecule has 6 nitrogen and oxygen atoms in total. The molecule has 2 amide bonds. The number of hydrazine groups is 1. The number of thioether (sulfide) groups is 1. The molecule has 0 bridgehead atoms. The Labute approximate surface area is 196 Å². The van der Waals surface area contributed by atoms with Crippen molar-refractivity contribution < 1.29 is 14.3 Å². The van der Waals surface area contributed by atoms with Gasteiger partial charge in [0.25, 0.3) is 5.91 Å². The van der Waals surface area contributed by atoms with Crippen LogP contribution in [0.3, 0.4) is 0 Å². The minimum atomic E-state index is -0.593. The number of benzene rings is 2. The molecule has 1 heterocycles. The minimum absolute atomic E-state index is 0.134. The Morgan fingerprint density at radius 1 is 1.03 bits per heavy atom. The number of hydrogen-bond acceptors (Lipinski definition) is 6. The fourth-order valence-corrected chi connectivity index (χ4v) is 4.40. The van der Waals surface area contributed by atoms with Gasteiger partial charge in [-0.15, -0.1) is 11.8 Å². The van der Waals surface area contributed by atoms with E-state index in [0.29, 0.717) is 22.9 Å². The Morgan fingerprint density at radius 2 is 1.78 bits per heavy atom. The number of rotatable bonds is 10. The fourth-order valence-electron chi connectivity index (χ4n) is 2.91. The third-order valence-corrected chi connectivity index (χ3v) is 6.48. The van der Waals surface area contributed by atoms with Crippen LogP contribution in [0.4, 0.5) is 10.0 Å². The van der Waals surface area contributed by atoms with E-state index in [-0.39, 0.29) is 11.8 Å². The Balaban J connectivity index is 1.47. The fraction of sp³-hybridized carbons (Fsp3) is 0.250. The van der Waals surface area contributed by atoms with Crippen LogP contribution >= 0.6 is 23.1 Å². The summed E-state index contributed by atoms with van der Waals surface area (Å²) in [6, 6.07) is 19.2. The van der Waals surface area contributed by atoms with Gasteiger partial charge in [-0.1, -0.05) is 54.2 Å². The van der Waals surface area contributed by atoms with Crippen molar-refractivity contribution in [3.63, 3.8) is 0 Å². The lowest BCUT2D eigenvalue weighted by Crippen LogP contribution is -2.32. The summed E-state index contributed by atoms with van der Waals surface area (Å²) in [5, 5.41) is 4.29. The molecule has 3 aromatic rings. The molecule has 0 radical (unpaired) electrons. The molecule has 168 valence electrons. The maximum atomic E-state index is 12.7. The summed E-state index contributed by atoms with van der Waals surface area (Å²) in [6.45, 7) is 5.91. The van der Waals surface area contributed by atoms with Gasteiger partial charge >= 0.3 is 0 Å². The molecule has 0 saturated carbocycles. The maximum absolute atomic E-state index is 12.7. The van der Waals surface area contributed by atoms with E-state index in [1.54, 1.807) is 12.1 Å². The lowest BCUT2D eigenvalue weighted by atomic mass is 10.1. The molecule has 0 saturated heterocycles. The molecule has 0 fully saturated rings. The molecule has 0 spiro atoms. The molecule has 1 unspecified atom stereocenters. The van der Waals surface area contributed by atoms with Crippen molar-refractivity contribution in [3.8, 4) is 5.75 Å². The van der Waals surface area contributed by atoms with Crippen LogP contribution < -0.4 is 20.9 Å². The number of carbonyl (C=O) groups is 2. The highest BCUT2D eigenvalue weighted by Gasteiger charge is 2.20. The average Bonchev–Trinajstić information content (AvgIpc) is 3.23. The number of ether oxygens (including phenoxy) is 1. The number of thiophene rings is 1. The zero-order chi connectivity index (χ0) is 22.9. The highest BCUT2D eigenvalue weighted by atomic mass is 32.2. The average molecular weight is 470 g/mol. The maximum Gasteiger partial charge on any atom is 0.266 e. The van der Waals surface area contributed by atoms with Gasteiger partial charge in [0.1, 0.15) is 10.8 Å². The molecule has 32 heavy (non-hydrogen) atoms. The summed E-state index contributed by atoms with van der Waals surface area (Å²) < 4.78 is 5.95. The first-order valence-electron chi connectivity index (χ1n) is 10.3. The molecule has 0 aliphatic carbocycles. The largest absolute Gasteiger partial charge is 0.480 e. The Hall–Kier alpha value is -2.97. The summed E-state index contributed by atoms with van der Waals surface area (Å²) in [6.07, 6.45) is -0.0465. The van der Waals surface area contributed by atoms with E-state index in [1.165, 1.54) is 23.1 Å². The minimum Gasteiger partial charge on any atom is -0.480 e. The lowest BCUT2D eigenvalue weighted by Gasteiger charge is -2.18. The van der Waals surface area contributed by atoms with Crippen LogP contribution in [0.1, 0.15) is 24.5 Å². The molecular formula is C24H27N3O3S2. The monoisotopic (exact) mass is 469 g/mol. The second-order valence-corrected chi connectivity index (χ2v) is 9.34. The second kappa shape index (κ2) is 11.6. The van der Waals surface area contributed by atoms with Crippen LogP contribution in [0, 0.1) is 13.8 Å². The Morgan fingerprint density at radius 3 is 2.50 bits per heavy atom. The Kier molecular flexibility index (Phi) is 8.58. The molecule has 0 aliphatic heterocycles. The van der Waals surface area contributed by atoms with Crippen molar-refractivity contribution in [1.82, 2.24) is 5.43 Å². The van der Waals surface area contributed by atoms with Gasteiger partial charge in [-0.2, -0.15) is 0 Å². The van der Waals surface area contributed by atoms with Crippen molar-refractivity contribution in [2.45, 2.75) is 38.2 Å². The zero-order valence-corrected chi connectivity index (χ0v) is 19.9. The van der Waals surface area contributed by atoms with Crippen molar-refractivity contribution in [3.05, 3.63) is 71.8 Å². The van der Waals surface area contributed by atoms with Crippen molar-refractivity contribution in [1.29, 1.82) is 0 Å². The van der Waals surface area contributed by atoms with Gasteiger partial charge in [0, 0.05) is 4.90 Å². The van der Waals surface area contributed by atoms with Gasteiger partial charge in [0.05, 0.1) is 10.8 Å². The molecule has 3 N–H and O–H groups in total. The molecule has 1 atom stereocenters. The lowest BCUT2D eigenvalue weighted by molar-refractivity contribution is -0.122. The summed E-state index contributed by atoms with van der Waals surface area (Å²) >= 11 is 2.80. The van der Waals surface area contributed by atoms with Crippen molar-refractivity contribution in [2.75, 3.05) is 16.5 Å². The van der Waals surface area contributed by atoms with Gasteiger partial charge in [0.2, 0.25) is 5.91 Å². The normalized spacial score (nSPS) is 11.5. The first-order valence-corrected chi connectivity index (χ1v) is 12.1. The van der Waals surface area contributed by atoms with Crippen molar-refractivity contribution in [2.24, 2.45) is 0 Å². The number of anilines is 2. The van der Waals surface area contributed by atoms with E-state index in [2.05, 4.69) is 16.2 Å². The van der Waals surface area contributed by atoms with E-state index < -0.39 is 6.10 Å². The number of amides is 2. The second-order valence-electron chi connectivity index (χ2n) is 7.21. The first-order chi connectivity index (χ1) is 15.4. The smallest absolute Gasteiger partial charge is 0.266 e. The Bertz CT molecular complexity index is 1050. The molecule has 3 rings (SSSR count). The van der Waals surface area contributed by atoms with Crippen LogP contribution in [0.25, 0.3) is 0 Å². The highest BCUT2D eigenvalue weighted by molar-refractivity contribution is 8.00. The van der Waals surface area contributed by atoms with Gasteiger partial charge in [0.15, 0.2) is 6.10 Å². The summed E-state index contributed by atoms with van der Waals surface area (Å²) in [7, 11) is 0. The first kappa shape index (κ1) is 23.7. The highest BCUT2D eigenvalue weighted by Crippen LogP contribution is 2.27. The van der Waals surface area contributed by atoms with Crippen LogP contribution in [0.2, 0.25) is 0 Å². The standard InChI is InChI=1S/C24H27N3O3S2/c1-4-19(30-20-11-10-16(2)14-17(20)3)24(29)25-22-12-13-23(32-22)27-26-21(28)15-31-18-8-6-5-7-9-18/h5-14,19,27H,4,15H2,1-3H3,(H,25,29)(H,26,28). The molecule has 8 heteroatoms. The SMILES string of the molecule is CCC(Oc1ccc(C)cc1C)C(=O)Nc1ccc(NNC(=O)CSc2ccccc2)s1. The third-order valence-electron chi connectivity index (χ3n) is 4.55. The van der Waals surface area contributed by atoms with Crippen LogP contribution in [-0.4, -0.2) is 23.7 Å². The van der Waals surface area contributed by atoms with Gasteiger partial charge in [-0.05, 0) is 56.2 Å². The van der Waals surface area contributed by atoms with E-state index in [4.69, 9.17) is 4.74 Å². The van der Waals surface area contributed by atoms with E-state index in [9.17, 15) is 9.59 Å². The molecule has 0 aliphatic rings. The summed E-state index contributed by atoms with van der Waals surface area (Å²) in [4.78, 5) is 25.8. The number of aryl methyl sites for hydroxylation is 2. The number of carbonyl (C=O) groups excluding carboxylic acids is 2. The third kappa shape index (κ3) is 7.03. The number of nitrogens with one attached hydrogen (secondary N) is 3. The van der Waals surface area contributed by atoms with Crippen LogP contribution in [0.15, 0.2) is 65.6 Å². The van der Waals surface area contributed by atoms with E-state index >= 15 is 0 Å². The van der Waals surface area contributed by atoms with Crippen LogP contribution in [-0.2, 0) is 9.59 Å².